The van der Waals surface area contributed by atoms with E-state index in [9.17, 15) is 4.79 Å². The number of hydrogen-bond acceptors (Lipinski definition) is 3. The highest BCUT2D eigenvalue weighted by Gasteiger charge is 2.13. The van der Waals surface area contributed by atoms with E-state index in [1.165, 1.54) is 5.56 Å². The summed E-state index contributed by atoms with van der Waals surface area (Å²) < 4.78 is 5.67. The maximum Gasteiger partial charge on any atom is 0.239 e. The zero-order chi connectivity index (χ0) is 18.0. The number of aliphatic imine (C=N–C) groups is 1. The Bertz CT molecular complexity index is 539. The van der Waals surface area contributed by atoms with Crippen molar-refractivity contribution in [1.82, 2.24) is 16.0 Å². The average Bonchev–Trinajstić information content (AvgIpc) is 2.50. The lowest BCUT2D eigenvalue weighted by atomic mass is 10.1. The predicted molar refractivity (Wildman–Crippen MR) is 114 cm³/mol. The largest absolute Gasteiger partial charge is 0.494 e. The van der Waals surface area contributed by atoms with E-state index in [0.29, 0.717) is 19.1 Å². The lowest BCUT2D eigenvalue weighted by molar-refractivity contribution is -0.121. The van der Waals surface area contributed by atoms with E-state index >= 15 is 0 Å². The molecule has 0 aliphatic heterocycles. The normalized spacial score (nSPS) is 11.3. The number of halogens is 1. The summed E-state index contributed by atoms with van der Waals surface area (Å²) in [5, 5.41) is 9.05. The second-order valence-corrected chi connectivity index (χ2v) is 6.67. The summed E-state index contributed by atoms with van der Waals surface area (Å²) >= 11 is 0. The van der Waals surface area contributed by atoms with E-state index in [1.807, 2.05) is 52.0 Å². The molecule has 0 saturated carbocycles. The Kier molecular flexibility index (Phi) is 11.2. The summed E-state index contributed by atoms with van der Waals surface area (Å²) in [5.74, 6) is 1.42. The molecule has 0 bridgehead atoms. The minimum absolute atomic E-state index is 0. The van der Waals surface area contributed by atoms with E-state index in [-0.39, 0.29) is 42.0 Å². The Morgan fingerprint density at radius 1 is 1.16 bits per heavy atom. The lowest BCUT2D eigenvalue weighted by Gasteiger charge is -2.21. The number of benzene rings is 1. The van der Waals surface area contributed by atoms with Gasteiger partial charge in [-0.05, 0) is 46.2 Å². The van der Waals surface area contributed by atoms with Crippen molar-refractivity contribution in [2.24, 2.45) is 4.99 Å². The number of carbonyl (C=O) groups is 1. The molecule has 142 valence electrons. The number of aryl methyl sites for hydroxylation is 1. The molecule has 1 rings (SSSR count). The molecule has 0 aliphatic rings. The van der Waals surface area contributed by atoms with Gasteiger partial charge in [-0.1, -0.05) is 17.7 Å². The second kappa shape index (κ2) is 11.9. The van der Waals surface area contributed by atoms with Gasteiger partial charge >= 0.3 is 0 Å². The number of amides is 1. The van der Waals surface area contributed by atoms with Gasteiger partial charge in [0.15, 0.2) is 5.96 Å². The molecule has 0 unspecified atom stereocenters. The molecule has 0 saturated heterocycles. The first-order valence-corrected chi connectivity index (χ1v) is 8.25. The van der Waals surface area contributed by atoms with Crippen molar-refractivity contribution < 1.29 is 9.53 Å². The van der Waals surface area contributed by atoms with Crippen LogP contribution < -0.4 is 20.7 Å². The topological polar surface area (TPSA) is 74.8 Å². The second-order valence-electron chi connectivity index (χ2n) is 6.67. The maximum absolute atomic E-state index is 11.8. The van der Waals surface area contributed by atoms with Crippen molar-refractivity contribution in [2.75, 3.05) is 26.7 Å². The third-order valence-corrected chi connectivity index (χ3v) is 3.06. The number of nitrogens with zero attached hydrogens (tertiary/aromatic N) is 1. The summed E-state index contributed by atoms with van der Waals surface area (Å²) in [7, 11) is 1.68. The number of carbonyl (C=O) groups excluding carboxylic acids is 1. The van der Waals surface area contributed by atoms with Crippen LogP contribution in [0.15, 0.2) is 29.3 Å². The summed E-state index contributed by atoms with van der Waals surface area (Å²) in [5.41, 5.74) is 0.984. The van der Waals surface area contributed by atoms with Gasteiger partial charge in [0.2, 0.25) is 5.91 Å². The van der Waals surface area contributed by atoms with Crippen molar-refractivity contribution in [1.29, 1.82) is 0 Å². The van der Waals surface area contributed by atoms with Crippen molar-refractivity contribution in [3.8, 4) is 5.75 Å². The molecule has 0 aliphatic carbocycles. The van der Waals surface area contributed by atoms with Crippen molar-refractivity contribution in [3.05, 3.63) is 29.8 Å². The molecule has 0 radical (unpaired) electrons. The van der Waals surface area contributed by atoms with Crippen molar-refractivity contribution in [3.63, 3.8) is 0 Å². The van der Waals surface area contributed by atoms with Gasteiger partial charge in [0.25, 0.3) is 0 Å². The average molecular weight is 462 g/mol. The monoisotopic (exact) mass is 462 g/mol. The first-order chi connectivity index (χ1) is 11.3. The standard InChI is InChI=1S/C18H30N4O2.HI/c1-14-7-9-15(10-8-14)24-12-6-11-20-17(19-5)21-13-16(23)22-18(2,3)4;/h7-10H,6,11-13H2,1-5H3,(H,22,23)(H2,19,20,21);1H. The van der Waals surface area contributed by atoms with Crippen LogP contribution >= 0.6 is 24.0 Å². The molecule has 0 spiro atoms. The fourth-order valence-corrected chi connectivity index (χ4v) is 1.95. The molecule has 1 amide bonds. The quantitative estimate of drug-likeness (QED) is 0.252. The number of nitrogens with one attached hydrogen (secondary N) is 3. The van der Waals surface area contributed by atoms with Crippen LogP contribution in [0.1, 0.15) is 32.8 Å². The first-order valence-electron chi connectivity index (χ1n) is 8.25. The van der Waals surface area contributed by atoms with E-state index < -0.39 is 0 Å². The van der Waals surface area contributed by atoms with Crippen LogP contribution in [0.4, 0.5) is 0 Å². The summed E-state index contributed by atoms with van der Waals surface area (Å²) in [4.78, 5) is 15.9. The number of hydrogen-bond donors (Lipinski definition) is 3. The van der Waals surface area contributed by atoms with Crippen LogP contribution in [0, 0.1) is 6.92 Å². The van der Waals surface area contributed by atoms with E-state index in [4.69, 9.17) is 4.74 Å². The van der Waals surface area contributed by atoms with Gasteiger partial charge in [-0.25, -0.2) is 0 Å². The minimum atomic E-state index is -0.233. The van der Waals surface area contributed by atoms with Crippen LogP contribution in [0.2, 0.25) is 0 Å². The Morgan fingerprint density at radius 3 is 2.36 bits per heavy atom. The number of guanidine groups is 1. The lowest BCUT2D eigenvalue weighted by Crippen LogP contribution is -2.48. The molecule has 1 aromatic rings. The molecular formula is C18H31IN4O2. The van der Waals surface area contributed by atoms with E-state index in [1.54, 1.807) is 7.05 Å². The van der Waals surface area contributed by atoms with Crippen LogP contribution in [0.5, 0.6) is 5.75 Å². The molecule has 3 N–H and O–H groups in total. The summed E-state index contributed by atoms with van der Waals surface area (Å²) in [6.07, 6.45) is 0.836. The molecule has 25 heavy (non-hydrogen) atoms. The molecule has 1 aromatic carbocycles. The fraction of sp³-hybridized carbons (Fsp3) is 0.556. The van der Waals surface area contributed by atoms with Gasteiger partial charge in [0.05, 0.1) is 13.2 Å². The smallest absolute Gasteiger partial charge is 0.239 e. The summed E-state index contributed by atoms with van der Waals surface area (Å²) in [6.45, 7) is 9.43. The third kappa shape index (κ3) is 11.6. The third-order valence-electron chi connectivity index (χ3n) is 3.06. The molecule has 0 aromatic heterocycles. The zero-order valence-electron chi connectivity index (χ0n) is 15.8. The Balaban J connectivity index is 0.00000576. The molecule has 0 fully saturated rings. The Hall–Kier alpha value is -1.51. The minimum Gasteiger partial charge on any atom is -0.494 e. The van der Waals surface area contributed by atoms with E-state index in [2.05, 4.69) is 20.9 Å². The van der Waals surface area contributed by atoms with Crippen LogP contribution in [-0.2, 0) is 4.79 Å². The van der Waals surface area contributed by atoms with Crippen LogP contribution in [0.3, 0.4) is 0 Å². The van der Waals surface area contributed by atoms with Crippen molar-refractivity contribution in [2.45, 2.75) is 39.7 Å². The summed E-state index contributed by atoms with van der Waals surface area (Å²) in [6, 6.07) is 8.00. The molecule has 0 heterocycles. The molecule has 6 nitrogen and oxygen atoms in total. The van der Waals surface area contributed by atoms with Gasteiger partial charge in [-0.2, -0.15) is 0 Å². The fourth-order valence-electron chi connectivity index (χ4n) is 1.95. The van der Waals surface area contributed by atoms with Gasteiger partial charge < -0.3 is 20.7 Å². The van der Waals surface area contributed by atoms with Crippen molar-refractivity contribution >= 4 is 35.8 Å². The highest BCUT2D eigenvalue weighted by atomic mass is 127. The SMILES string of the molecule is CN=C(NCCCOc1ccc(C)cc1)NCC(=O)NC(C)(C)C.I. The van der Waals surface area contributed by atoms with Gasteiger partial charge in [-0.15, -0.1) is 24.0 Å². The maximum atomic E-state index is 11.8. The number of ether oxygens (including phenoxy) is 1. The predicted octanol–water partition coefficient (Wildman–Crippen LogP) is 2.46. The van der Waals surface area contributed by atoms with Crippen LogP contribution in [0.25, 0.3) is 0 Å². The highest BCUT2D eigenvalue weighted by Crippen LogP contribution is 2.11. The van der Waals surface area contributed by atoms with Gasteiger partial charge in [0.1, 0.15) is 5.75 Å². The number of rotatable bonds is 7. The van der Waals surface area contributed by atoms with Gasteiger partial charge in [0, 0.05) is 19.1 Å². The Morgan fingerprint density at radius 2 is 1.80 bits per heavy atom. The molecule has 0 atom stereocenters. The molecular weight excluding hydrogens is 431 g/mol. The zero-order valence-corrected chi connectivity index (χ0v) is 18.1. The Labute approximate surface area is 168 Å². The highest BCUT2D eigenvalue weighted by molar-refractivity contribution is 14.0. The first kappa shape index (κ1) is 23.5. The van der Waals surface area contributed by atoms with Gasteiger partial charge in [-0.3, -0.25) is 9.79 Å². The molecule has 7 heteroatoms. The van der Waals surface area contributed by atoms with Crippen LogP contribution in [-0.4, -0.2) is 44.1 Å². The van der Waals surface area contributed by atoms with E-state index in [0.717, 1.165) is 12.2 Å².